The van der Waals surface area contributed by atoms with E-state index in [0.717, 1.165) is 60.1 Å². The lowest BCUT2D eigenvalue weighted by molar-refractivity contribution is -0.121. The van der Waals surface area contributed by atoms with Crippen molar-refractivity contribution in [3.8, 4) is 11.5 Å². The molecule has 0 aliphatic carbocycles. The lowest BCUT2D eigenvalue weighted by atomic mass is 9.87. The van der Waals surface area contributed by atoms with Crippen molar-refractivity contribution in [3.05, 3.63) is 95.4 Å². The quantitative estimate of drug-likeness (QED) is 0.167. The Morgan fingerprint density at radius 2 is 1.64 bits per heavy atom. The molecule has 42 heavy (non-hydrogen) atoms. The van der Waals surface area contributed by atoms with Gasteiger partial charge in [-0.3, -0.25) is 4.79 Å². The fourth-order valence-electron chi connectivity index (χ4n) is 5.66. The molecule has 4 rings (SSSR count). The van der Waals surface area contributed by atoms with Crippen molar-refractivity contribution in [2.45, 2.75) is 58.5 Å². The summed E-state index contributed by atoms with van der Waals surface area (Å²) >= 11 is 0. The number of nitrogens with one attached hydrogen (secondary N) is 1. The van der Waals surface area contributed by atoms with Gasteiger partial charge in [-0.2, -0.15) is 0 Å². The van der Waals surface area contributed by atoms with Crippen LogP contribution in [0.3, 0.4) is 0 Å². The van der Waals surface area contributed by atoms with Crippen LogP contribution in [0.15, 0.2) is 72.9 Å². The number of ether oxygens (including phenoxy) is 2. The van der Waals surface area contributed by atoms with E-state index in [1.165, 1.54) is 12.1 Å². The molecule has 0 fully saturated rings. The summed E-state index contributed by atoms with van der Waals surface area (Å²) in [6.07, 6.45) is 4.38. The summed E-state index contributed by atoms with van der Waals surface area (Å²) in [6.45, 7) is 10.1. The van der Waals surface area contributed by atoms with Gasteiger partial charge in [0.25, 0.3) is 0 Å². The van der Waals surface area contributed by atoms with Gasteiger partial charge in [-0.15, -0.1) is 0 Å². The Morgan fingerprint density at radius 1 is 0.976 bits per heavy atom. The SMILES string of the molecule is CCN(CC)CCC[C@@H](C)NC(=O)C[C@@H](c1cc(OC)cc(OC)c1)c1cn(Cc2ccc(F)cc2)c2ccccc12. The maximum Gasteiger partial charge on any atom is 0.221 e. The van der Waals surface area contributed by atoms with E-state index in [0.29, 0.717) is 18.0 Å². The van der Waals surface area contributed by atoms with E-state index >= 15 is 0 Å². The van der Waals surface area contributed by atoms with Crippen molar-refractivity contribution < 1.29 is 18.7 Å². The van der Waals surface area contributed by atoms with E-state index in [2.05, 4.69) is 53.9 Å². The second-order valence-corrected chi connectivity index (χ2v) is 10.9. The van der Waals surface area contributed by atoms with E-state index in [4.69, 9.17) is 9.47 Å². The van der Waals surface area contributed by atoms with Gasteiger partial charge in [0.15, 0.2) is 0 Å². The molecule has 7 heteroatoms. The second kappa shape index (κ2) is 14.9. The van der Waals surface area contributed by atoms with Crippen molar-refractivity contribution in [2.75, 3.05) is 33.9 Å². The number of fused-ring (bicyclic) bond motifs is 1. The molecular weight excluding hydrogens is 529 g/mol. The molecule has 0 aliphatic rings. The first-order valence-electron chi connectivity index (χ1n) is 14.9. The van der Waals surface area contributed by atoms with E-state index in [1.807, 2.05) is 42.5 Å². The molecule has 2 atom stereocenters. The highest BCUT2D eigenvalue weighted by Crippen LogP contribution is 2.38. The summed E-state index contributed by atoms with van der Waals surface area (Å²) in [4.78, 5) is 16.0. The number of methoxy groups -OCH3 is 2. The monoisotopic (exact) mass is 573 g/mol. The molecule has 1 amide bonds. The average molecular weight is 574 g/mol. The Labute approximate surface area is 249 Å². The third-order valence-corrected chi connectivity index (χ3v) is 8.04. The molecule has 0 spiro atoms. The first kappa shape index (κ1) is 31.1. The number of halogens is 1. The summed E-state index contributed by atoms with van der Waals surface area (Å²) in [7, 11) is 3.27. The number of nitrogens with zero attached hydrogens (tertiary/aromatic N) is 2. The normalized spacial score (nSPS) is 12.8. The maximum absolute atomic E-state index is 13.6. The standard InChI is InChI=1S/C35H44FN3O3/c1-6-38(7-2)18-10-11-25(3)37-35(40)22-32(27-19-29(41-4)21-30(20-27)42-5)33-24-39(34-13-9-8-12-31(33)34)23-26-14-16-28(36)17-15-26/h8-9,12-17,19-21,24-25,32H,6-7,10-11,18,22-23H2,1-5H3,(H,37,40)/t25-,32+/m1/s1. The molecule has 0 saturated heterocycles. The van der Waals surface area contributed by atoms with Gasteiger partial charge in [-0.05, 0) is 86.4 Å². The summed E-state index contributed by atoms with van der Waals surface area (Å²) in [5.41, 5.74) is 4.05. The second-order valence-electron chi connectivity index (χ2n) is 10.9. The van der Waals surface area contributed by atoms with Crippen LogP contribution in [-0.4, -0.2) is 55.3 Å². The lowest BCUT2D eigenvalue weighted by Crippen LogP contribution is -2.34. The number of carbonyl (C=O) groups is 1. The zero-order valence-corrected chi connectivity index (χ0v) is 25.5. The Kier molecular flexibility index (Phi) is 11.0. The Morgan fingerprint density at radius 3 is 2.29 bits per heavy atom. The topological polar surface area (TPSA) is 55.7 Å². The first-order chi connectivity index (χ1) is 20.3. The number of aromatic nitrogens is 1. The van der Waals surface area contributed by atoms with Crippen LogP contribution >= 0.6 is 0 Å². The number of benzene rings is 3. The van der Waals surface area contributed by atoms with Crippen molar-refractivity contribution >= 4 is 16.8 Å². The molecule has 4 aromatic rings. The minimum absolute atomic E-state index is 0.00694. The molecule has 3 aromatic carbocycles. The highest BCUT2D eigenvalue weighted by molar-refractivity contribution is 5.87. The van der Waals surface area contributed by atoms with E-state index in [-0.39, 0.29) is 30.1 Å². The van der Waals surface area contributed by atoms with Gasteiger partial charge in [-0.25, -0.2) is 4.39 Å². The molecule has 0 radical (unpaired) electrons. The fraction of sp³-hybridized carbons (Fsp3) is 0.400. The highest BCUT2D eigenvalue weighted by Gasteiger charge is 2.25. The van der Waals surface area contributed by atoms with Crippen LogP contribution in [0.4, 0.5) is 4.39 Å². The van der Waals surface area contributed by atoms with Gasteiger partial charge >= 0.3 is 0 Å². The van der Waals surface area contributed by atoms with Gasteiger partial charge in [0.1, 0.15) is 17.3 Å². The molecular formula is C35H44FN3O3. The van der Waals surface area contributed by atoms with Gasteiger partial charge in [0, 0.05) is 48.1 Å². The minimum atomic E-state index is -0.253. The Balaban J connectivity index is 1.66. The van der Waals surface area contributed by atoms with Crippen molar-refractivity contribution in [2.24, 2.45) is 0 Å². The fourth-order valence-corrected chi connectivity index (χ4v) is 5.66. The van der Waals surface area contributed by atoms with Gasteiger partial charge in [-0.1, -0.05) is 44.2 Å². The smallest absolute Gasteiger partial charge is 0.221 e. The molecule has 6 nitrogen and oxygen atoms in total. The predicted octanol–water partition coefficient (Wildman–Crippen LogP) is 6.99. The van der Waals surface area contributed by atoms with Crippen molar-refractivity contribution in [3.63, 3.8) is 0 Å². The Bertz CT molecular complexity index is 1420. The molecule has 0 unspecified atom stereocenters. The van der Waals surface area contributed by atoms with Gasteiger partial charge < -0.3 is 24.3 Å². The third-order valence-electron chi connectivity index (χ3n) is 8.04. The lowest BCUT2D eigenvalue weighted by Gasteiger charge is -2.22. The van der Waals surface area contributed by atoms with Crippen LogP contribution in [0.5, 0.6) is 11.5 Å². The zero-order chi connectivity index (χ0) is 30.1. The zero-order valence-electron chi connectivity index (χ0n) is 25.5. The molecule has 1 aromatic heterocycles. The third kappa shape index (κ3) is 7.91. The highest BCUT2D eigenvalue weighted by atomic mass is 19.1. The van der Waals surface area contributed by atoms with Crippen LogP contribution in [0.1, 0.15) is 62.6 Å². The van der Waals surface area contributed by atoms with Crippen LogP contribution in [0.25, 0.3) is 10.9 Å². The molecule has 0 bridgehead atoms. The number of carbonyl (C=O) groups excluding carboxylic acids is 1. The van der Waals surface area contributed by atoms with Crippen LogP contribution in [-0.2, 0) is 11.3 Å². The summed E-state index contributed by atoms with van der Waals surface area (Å²) < 4.78 is 26.9. The summed E-state index contributed by atoms with van der Waals surface area (Å²) in [5.74, 6) is 0.866. The van der Waals surface area contributed by atoms with Crippen LogP contribution in [0, 0.1) is 5.82 Å². The number of amides is 1. The van der Waals surface area contributed by atoms with E-state index in [9.17, 15) is 9.18 Å². The van der Waals surface area contributed by atoms with E-state index in [1.54, 1.807) is 14.2 Å². The number of para-hydroxylation sites is 1. The Hall–Kier alpha value is -3.84. The molecule has 224 valence electrons. The predicted molar refractivity (Wildman–Crippen MR) is 168 cm³/mol. The number of hydrogen-bond donors (Lipinski definition) is 1. The summed E-state index contributed by atoms with van der Waals surface area (Å²) in [5, 5.41) is 4.33. The largest absolute Gasteiger partial charge is 0.497 e. The molecule has 0 saturated carbocycles. The van der Waals surface area contributed by atoms with Crippen LogP contribution < -0.4 is 14.8 Å². The average Bonchev–Trinajstić information content (AvgIpc) is 3.36. The van der Waals surface area contributed by atoms with Gasteiger partial charge in [0.2, 0.25) is 5.91 Å². The first-order valence-corrected chi connectivity index (χ1v) is 14.9. The summed E-state index contributed by atoms with van der Waals surface area (Å²) in [6, 6.07) is 20.7. The maximum atomic E-state index is 13.6. The van der Waals surface area contributed by atoms with Crippen molar-refractivity contribution in [1.29, 1.82) is 0 Å². The van der Waals surface area contributed by atoms with Gasteiger partial charge in [0.05, 0.1) is 14.2 Å². The number of hydrogen-bond acceptors (Lipinski definition) is 4. The minimum Gasteiger partial charge on any atom is -0.497 e. The van der Waals surface area contributed by atoms with Crippen LogP contribution in [0.2, 0.25) is 0 Å². The molecule has 1 heterocycles. The van der Waals surface area contributed by atoms with Crippen molar-refractivity contribution in [1.82, 2.24) is 14.8 Å². The van der Waals surface area contributed by atoms with E-state index < -0.39 is 0 Å². The molecule has 1 N–H and O–H groups in total. The molecule has 0 aliphatic heterocycles. The number of rotatable bonds is 15.